The average molecular weight is 456 g/mol. The zero-order chi connectivity index (χ0) is 21.0. The van der Waals surface area contributed by atoms with Crippen LogP contribution in [0, 0.1) is 0 Å². The van der Waals surface area contributed by atoms with E-state index in [2.05, 4.69) is 4.90 Å². The van der Waals surface area contributed by atoms with E-state index in [4.69, 9.17) is 27.9 Å². The van der Waals surface area contributed by atoms with Gasteiger partial charge in [0.15, 0.2) is 9.84 Å². The molecule has 1 fully saturated rings. The van der Waals surface area contributed by atoms with Crippen LogP contribution >= 0.6 is 23.2 Å². The summed E-state index contributed by atoms with van der Waals surface area (Å²) in [7, 11) is -3.27. The molecule has 1 heterocycles. The number of nitrogens with zero attached hydrogens (tertiary/aromatic N) is 1. The van der Waals surface area contributed by atoms with Crippen LogP contribution in [0.4, 0.5) is 0 Å². The third-order valence-corrected chi connectivity index (χ3v) is 7.41. The van der Waals surface area contributed by atoms with Crippen LogP contribution in [0.1, 0.15) is 30.6 Å². The first kappa shape index (κ1) is 20.9. The van der Waals surface area contributed by atoms with Gasteiger partial charge in [-0.2, -0.15) is 0 Å². The van der Waals surface area contributed by atoms with E-state index < -0.39 is 15.4 Å². The second kappa shape index (κ2) is 7.43. The summed E-state index contributed by atoms with van der Waals surface area (Å²) < 4.78 is 29.8. The van der Waals surface area contributed by atoms with Gasteiger partial charge in [-0.05, 0) is 61.7 Å². The summed E-state index contributed by atoms with van der Waals surface area (Å²) in [5.74, 6) is 0.572. The number of likely N-dealkylation sites (tertiary alicyclic amines) is 1. The molecule has 0 spiro atoms. The number of fused-ring (bicyclic) bond motifs is 1. The van der Waals surface area contributed by atoms with Crippen molar-refractivity contribution in [3.8, 4) is 5.75 Å². The Hall–Kier alpha value is -1.31. The highest BCUT2D eigenvalue weighted by molar-refractivity contribution is 7.90. The predicted octanol–water partition coefficient (Wildman–Crippen LogP) is 3.90. The van der Waals surface area contributed by atoms with Crippen molar-refractivity contribution in [2.45, 2.75) is 42.4 Å². The van der Waals surface area contributed by atoms with Crippen LogP contribution in [0.25, 0.3) is 0 Å². The first-order chi connectivity index (χ1) is 13.5. The van der Waals surface area contributed by atoms with Gasteiger partial charge in [0, 0.05) is 35.0 Å². The zero-order valence-electron chi connectivity index (χ0n) is 16.2. The Morgan fingerprint density at radius 2 is 1.90 bits per heavy atom. The van der Waals surface area contributed by atoms with Gasteiger partial charge in [0.1, 0.15) is 11.9 Å². The fourth-order valence-corrected chi connectivity index (χ4v) is 5.47. The van der Waals surface area contributed by atoms with E-state index >= 15 is 0 Å². The lowest BCUT2D eigenvalue weighted by molar-refractivity contribution is 0.0429. The minimum Gasteiger partial charge on any atom is -0.484 e. The number of benzene rings is 2. The maximum absolute atomic E-state index is 11.7. The van der Waals surface area contributed by atoms with Crippen LogP contribution in [0.5, 0.6) is 5.75 Å². The van der Waals surface area contributed by atoms with Crippen molar-refractivity contribution in [2.75, 3.05) is 19.3 Å². The topological polar surface area (TPSA) is 66.8 Å². The molecule has 0 unspecified atom stereocenters. The van der Waals surface area contributed by atoms with Crippen molar-refractivity contribution in [2.24, 2.45) is 0 Å². The molecular weight excluding hydrogens is 433 g/mol. The minimum atomic E-state index is -3.27. The number of aliphatic hydroxyl groups is 1. The monoisotopic (exact) mass is 455 g/mol. The largest absolute Gasteiger partial charge is 0.484 e. The first-order valence-corrected chi connectivity index (χ1v) is 12.1. The number of ether oxygens (including phenoxy) is 1. The summed E-state index contributed by atoms with van der Waals surface area (Å²) in [5.41, 5.74) is 1.22. The Morgan fingerprint density at radius 1 is 1.21 bits per heavy atom. The highest BCUT2D eigenvalue weighted by atomic mass is 35.5. The van der Waals surface area contributed by atoms with Crippen LogP contribution in [-0.2, 0) is 16.3 Å². The van der Waals surface area contributed by atoms with Crippen molar-refractivity contribution >= 4 is 33.0 Å². The molecule has 8 heteroatoms. The highest BCUT2D eigenvalue weighted by Crippen LogP contribution is 2.44. The smallest absolute Gasteiger partial charge is 0.175 e. The number of β-amino-alcohol motifs (C(OH)–C–C–N with tert-alkyl or cyclic N) is 1. The SMILES string of the molecule is C[C@]1(O)CCN([C@H]2Cc3c(Cl)cc(Cl)cc3[C@H]2Oc2ccc(S(C)(=O)=O)cc2)C1. The van der Waals surface area contributed by atoms with E-state index in [1.807, 2.05) is 13.0 Å². The van der Waals surface area contributed by atoms with Crippen molar-refractivity contribution in [3.63, 3.8) is 0 Å². The Labute approximate surface area is 181 Å². The van der Waals surface area contributed by atoms with Gasteiger partial charge >= 0.3 is 0 Å². The van der Waals surface area contributed by atoms with Crippen molar-refractivity contribution in [1.29, 1.82) is 0 Å². The Balaban J connectivity index is 1.67. The third kappa shape index (κ3) is 4.28. The van der Waals surface area contributed by atoms with E-state index in [9.17, 15) is 13.5 Å². The van der Waals surface area contributed by atoms with Crippen LogP contribution in [-0.4, -0.2) is 49.4 Å². The fourth-order valence-electron chi connectivity index (χ4n) is 4.25. The molecule has 2 aromatic rings. The number of hydrogen-bond donors (Lipinski definition) is 1. The summed E-state index contributed by atoms with van der Waals surface area (Å²) >= 11 is 12.7. The van der Waals surface area contributed by atoms with E-state index in [-0.39, 0.29) is 17.0 Å². The summed E-state index contributed by atoms with van der Waals surface area (Å²) in [4.78, 5) is 2.48. The molecule has 2 aliphatic rings. The van der Waals surface area contributed by atoms with Gasteiger partial charge in [0.2, 0.25) is 0 Å². The van der Waals surface area contributed by atoms with E-state index in [0.717, 1.165) is 17.7 Å². The van der Waals surface area contributed by atoms with Crippen LogP contribution < -0.4 is 4.74 Å². The molecule has 3 atom stereocenters. The van der Waals surface area contributed by atoms with Gasteiger partial charge in [-0.3, -0.25) is 4.90 Å². The third-order valence-electron chi connectivity index (χ3n) is 5.73. The minimum absolute atomic E-state index is 0.00419. The molecule has 0 saturated carbocycles. The Morgan fingerprint density at radius 3 is 2.48 bits per heavy atom. The van der Waals surface area contributed by atoms with Gasteiger partial charge in [0.05, 0.1) is 16.5 Å². The Bertz CT molecular complexity index is 1040. The molecule has 1 aliphatic carbocycles. The lowest BCUT2D eigenvalue weighted by atomic mass is 10.1. The molecule has 29 heavy (non-hydrogen) atoms. The number of sulfone groups is 1. The summed E-state index contributed by atoms with van der Waals surface area (Å²) in [5, 5.41) is 11.6. The summed E-state index contributed by atoms with van der Waals surface area (Å²) in [6.45, 7) is 3.17. The van der Waals surface area contributed by atoms with Crippen molar-refractivity contribution in [1.82, 2.24) is 4.90 Å². The number of rotatable bonds is 4. The standard InChI is InChI=1S/C21H23Cl2NO4S/c1-21(25)7-8-24(12-21)19-11-16-17(9-13(22)10-18(16)23)20(19)28-14-3-5-15(6-4-14)29(2,26)27/h3-6,9-10,19-20,25H,7-8,11-12H2,1-2H3/t19-,20+,21-/m0/s1. The van der Waals surface area contributed by atoms with Crippen molar-refractivity contribution < 1.29 is 18.3 Å². The van der Waals surface area contributed by atoms with Gasteiger partial charge in [-0.15, -0.1) is 0 Å². The summed E-state index contributed by atoms with van der Waals surface area (Å²) in [6.07, 6.45) is 2.26. The highest BCUT2D eigenvalue weighted by Gasteiger charge is 2.44. The van der Waals surface area contributed by atoms with Gasteiger partial charge < -0.3 is 9.84 Å². The lowest BCUT2D eigenvalue weighted by Gasteiger charge is -2.31. The van der Waals surface area contributed by atoms with Crippen molar-refractivity contribution in [3.05, 3.63) is 57.6 Å². The molecule has 156 valence electrons. The first-order valence-electron chi connectivity index (χ1n) is 9.44. The molecule has 0 aromatic heterocycles. The van der Waals surface area contributed by atoms with Gasteiger partial charge in [0.25, 0.3) is 0 Å². The maximum Gasteiger partial charge on any atom is 0.175 e. The van der Waals surface area contributed by atoms with E-state index in [1.165, 1.54) is 6.26 Å². The lowest BCUT2D eigenvalue weighted by Crippen LogP contribution is -2.40. The second-order valence-corrected chi connectivity index (χ2v) is 11.1. The summed E-state index contributed by atoms with van der Waals surface area (Å²) in [6, 6.07) is 10.0. The van der Waals surface area contributed by atoms with Gasteiger partial charge in [-0.1, -0.05) is 23.2 Å². The second-order valence-electron chi connectivity index (χ2n) is 8.23. The molecule has 0 bridgehead atoms. The molecule has 2 aromatic carbocycles. The molecule has 5 nitrogen and oxygen atoms in total. The number of hydrogen-bond acceptors (Lipinski definition) is 5. The van der Waals surface area contributed by atoms with Crippen LogP contribution in [0.15, 0.2) is 41.3 Å². The normalized spacial score (nSPS) is 27.2. The predicted molar refractivity (Wildman–Crippen MR) is 114 cm³/mol. The molecule has 1 aliphatic heterocycles. The van der Waals surface area contributed by atoms with Crippen LogP contribution in [0.2, 0.25) is 10.0 Å². The zero-order valence-corrected chi connectivity index (χ0v) is 18.6. The maximum atomic E-state index is 11.7. The molecule has 4 rings (SSSR count). The average Bonchev–Trinajstić information content (AvgIpc) is 3.15. The Kier molecular flexibility index (Phi) is 5.37. The molecular formula is C21H23Cl2NO4S. The van der Waals surface area contributed by atoms with E-state index in [0.29, 0.717) is 35.2 Å². The van der Waals surface area contributed by atoms with Crippen LogP contribution in [0.3, 0.4) is 0 Å². The molecule has 1 N–H and O–H groups in total. The fraction of sp³-hybridized carbons (Fsp3) is 0.429. The quantitative estimate of drug-likeness (QED) is 0.756. The number of halogens is 2. The molecule has 0 amide bonds. The molecule has 0 radical (unpaired) electrons. The molecule has 1 saturated heterocycles. The van der Waals surface area contributed by atoms with Gasteiger partial charge in [-0.25, -0.2) is 8.42 Å². The van der Waals surface area contributed by atoms with E-state index in [1.54, 1.807) is 30.3 Å².